The molecule has 0 saturated carbocycles. The van der Waals surface area contributed by atoms with Crippen molar-refractivity contribution in [3.05, 3.63) is 23.2 Å². The number of hydrogen-bond donors (Lipinski definition) is 0. The van der Waals surface area contributed by atoms with Crippen LogP contribution in [0.3, 0.4) is 0 Å². The van der Waals surface area contributed by atoms with E-state index in [1.807, 2.05) is 11.8 Å². The van der Waals surface area contributed by atoms with E-state index >= 15 is 0 Å². The number of halogens is 2. The number of aryl methyl sites for hydroxylation is 2. The van der Waals surface area contributed by atoms with Crippen molar-refractivity contribution in [2.75, 3.05) is 33.4 Å². The van der Waals surface area contributed by atoms with Gasteiger partial charge in [0, 0.05) is 38.7 Å². The number of nitrogens with zero attached hydrogens (tertiary/aromatic N) is 2. The molecule has 25 heavy (non-hydrogen) atoms. The maximum atomic E-state index is 13.8. The van der Waals surface area contributed by atoms with Gasteiger partial charge in [0.15, 0.2) is 0 Å². The van der Waals surface area contributed by atoms with Gasteiger partial charge in [-0.15, -0.1) is 0 Å². The smallest absolute Gasteiger partial charge is 0.262 e. The van der Waals surface area contributed by atoms with Gasteiger partial charge in [0.05, 0.1) is 18.7 Å². The first-order chi connectivity index (χ1) is 11.8. The van der Waals surface area contributed by atoms with Crippen LogP contribution >= 0.6 is 0 Å². The van der Waals surface area contributed by atoms with Crippen LogP contribution in [0.1, 0.15) is 41.1 Å². The molecule has 2 aliphatic rings. The quantitative estimate of drug-likeness (QED) is 0.832. The summed E-state index contributed by atoms with van der Waals surface area (Å²) in [6.07, 6.45) is 1.27. The number of carbonyl (C=O) groups excluding carboxylic acids is 1. The van der Waals surface area contributed by atoms with Crippen LogP contribution in [-0.4, -0.2) is 67.1 Å². The summed E-state index contributed by atoms with van der Waals surface area (Å²) >= 11 is 0. The van der Waals surface area contributed by atoms with Crippen molar-refractivity contribution in [1.82, 2.24) is 9.80 Å². The molecule has 2 saturated heterocycles. The highest BCUT2D eigenvalue weighted by atomic mass is 19.3. The van der Waals surface area contributed by atoms with Gasteiger partial charge in [0.1, 0.15) is 11.5 Å². The summed E-state index contributed by atoms with van der Waals surface area (Å²) in [6, 6.07) is 1.59. The molecule has 3 heterocycles. The minimum absolute atomic E-state index is 0.0343. The average Bonchev–Trinajstić information content (AvgIpc) is 3.05. The Balaban J connectivity index is 1.61. The van der Waals surface area contributed by atoms with Crippen LogP contribution in [0.2, 0.25) is 0 Å². The van der Waals surface area contributed by atoms with E-state index < -0.39 is 5.92 Å². The van der Waals surface area contributed by atoms with Gasteiger partial charge in [-0.05, 0) is 32.8 Å². The molecule has 1 atom stereocenters. The second-order valence-electron chi connectivity index (χ2n) is 7.19. The van der Waals surface area contributed by atoms with Crippen molar-refractivity contribution < 1.29 is 22.7 Å². The predicted molar refractivity (Wildman–Crippen MR) is 89.0 cm³/mol. The van der Waals surface area contributed by atoms with E-state index in [1.165, 1.54) is 0 Å². The summed E-state index contributed by atoms with van der Waals surface area (Å²) in [6.45, 7) is 4.87. The molecule has 0 N–H and O–H groups in total. The maximum absolute atomic E-state index is 13.8. The highest BCUT2D eigenvalue weighted by molar-refractivity contribution is 5.95. The first-order valence-corrected chi connectivity index (χ1v) is 8.79. The molecule has 1 aromatic heterocycles. The zero-order valence-corrected chi connectivity index (χ0v) is 15.1. The molecular formula is C18H26F2N2O3. The summed E-state index contributed by atoms with van der Waals surface area (Å²) in [5.74, 6) is -1.34. The van der Waals surface area contributed by atoms with Gasteiger partial charge >= 0.3 is 0 Å². The number of methoxy groups -OCH3 is 1. The van der Waals surface area contributed by atoms with Gasteiger partial charge in [0.2, 0.25) is 0 Å². The molecule has 140 valence electrons. The van der Waals surface area contributed by atoms with E-state index in [-0.39, 0.29) is 31.0 Å². The number of piperidine rings is 1. The van der Waals surface area contributed by atoms with E-state index in [1.54, 1.807) is 25.0 Å². The van der Waals surface area contributed by atoms with Gasteiger partial charge in [-0.1, -0.05) is 0 Å². The van der Waals surface area contributed by atoms with Gasteiger partial charge in [-0.25, -0.2) is 8.78 Å². The lowest BCUT2D eigenvalue weighted by Gasteiger charge is -2.39. The molecule has 3 rings (SSSR count). The SMILES string of the molecule is COC[C@@H]1CC(F)(F)CN1C1CCN(C(=O)c2cc(C)oc2C)CC1. The Bertz CT molecular complexity index is 624. The minimum Gasteiger partial charge on any atom is -0.466 e. The van der Waals surface area contributed by atoms with Crippen molar-refractivity contribution in [2.24, 2.45) is 0 Å². The van der Waals surface area contributed by atoms with Crippen LogP contribution in [-0.2, 0) is 4.74 Å². The third-order valence-electron chi connectivity index (χ3n) is 5.27. The Morgan fingerprint density at radius 3 is 2.60 bits per heavy atom. The van der Waals surface area contributed by atoms with E-state index in [9.17, 15) is 13.6 Å². The Morgan fingerprint density at radius 1 is 1.36 bits per heavy atom. The number of amides is 1. The van der Waals surface area contributed by atoms with E-state index in [0.717, 1.165) is 5.76 Å². The summed E-state index contributed by atoms with van der Waals surface area (Å²) in [4.78, 5) is 16.3. The van der Waals surface area contributed by atoms with Gasteiger partial charge in [-0.2, -0.15) is 0 Å². The predicted octanol–water partition coefficient (Wildman–Crippen LogP) is 2.86. The molecule has 7 heteroatoms. The van der Waals surface area contributed by atoms with E-state index in [2.05, 4.69) is 0 Å². The largest absolute Gasteiger partial charge is 0.466 e. The van der Waals surface area contributed by atoms with Crippen LogP contribution in [0.15, 0.2) is 10.5 Å². The summed E-state index contributed by atoms with van der Waals surface area (Å²) < 4.78 is 38.2. The van der Waals surface area contributed by atoms with Crippen molar-refractivity contribution in [1.29, 1.82) is 0 Å². The van der Waals surface area contributed by atoms with Crippen molar-refractivity contribution in [3.8, 4) is 0 Å². The Kier molecular flexibility index (Phi) is 5.16. The standard InChI is InChI=1S/C18H26F2N2O3/c1-12-8-16(13(2)25-12)17(23)21-6-4-14(5-7-21)22-11-18(19,20)9-15(22)10-24-3/h8,14-15H,4-7,9-11H2,1-3H3/t15-/m0/s1. The van der Waals surface area contributed by atoms with Crippen LogP contribution in [0.5, 0.6) is 0 Å². The van der Waals surface area contributed by atoms with Gasteiger partial charge < -0.3 is 14.1 Å². The third kappa shape index (κ3) is 3.87. The lowest BCUT2D eigenvalue weighted by molar-refractivity contribution is 0.00284. The second kappa shape index (κ2) is 7.03. The first-order valence-electron chi connectivity index (χ1n) is 8.79. The molecule has 1 amide bonds. The maximum Gasteiger partial charge on any atom is 0.262 e. The van der Waals surface area contributed by atoms with Crippen molar-refractivity contribution in [2.45, 2.75) is 51.1 Å². The Labute approximate surface area is 146 Å². The van der Waals surface area contributed by atoms with E-state index in [0.29, 0.717) is 43.9 Å². The molecule has 0 aliphatic carbocycles. The number of ether oxygens (including phenoxy) is 1. The summed E-state index contributed by atoms with van der Waals surface area (Å²) in [5.41, 5.74) is 0.598. The van der Waals surface area contributed by atoms with Gasteiger partial charge in [-0.3, -0.25) is 9.69 Å². The zero-order chi connectivity index (χ0) is 18.2. The minimum atomic E-state index is -2.65. The molecule has 5 nitrogen and oxygen atoms in total. The molecule has 2 aliphatic heterocycles. The molecule has 0 bridgehead atoms. The molecule has 0 unspecified atom stereocenters. The van der Waals surface area contributed by atoms with Gasteiger partial charge in [0.25, 0.3) is 11.8 Å². The third-order valence-corrected chi connectivity index (χ3v) is 5.27. The molecule has 0 spiro atoms. The number of carbonyl (C=O) groups is 1. The first kappa shape index (κ1) is 18.3. The molecule has 0 radical (unpaired) electrons. The Morgan fingerprint density at radius 2 is 2.04 bits per heavy atom. The number of likely N-dealkylation sites (tertiary alicyclic amines) is 2. The zero-order valence-electron chi connectivity index (χ0n) is 15.1. The molecule has 0 aromatic carbocycles. The van der Waals surface area contributed by atoms with Crippen LogP contribution < -0.4 is 0 Å². The normalized spacial score (nSPS) is 24.8. The number of alkyl halides is 2. The fourth-order valence-electron chi connectivity index (χ4n) is 4.11. The number of hydrogen-bond acceptors (Lipinski definition) is 4. The highest BCUT2D eigenvalue weighted by Crippen LogP contribution is 2.36. The second-order valence-corrected chi connectivity index (χ2v) is 7.19. The monoisotopic (exact) mass is 356 g/mol. The van der Waals surface area contributed by atoms with E-state index in [4.69, 9.17) is 9.15 Å². The summed E-state index contributed by atoms with van der Waals surface area (Å²) in [7, 11) is 1.55. The topological polar surface area (TPSA) is 45.9 Å². The molecule has 1 aromatic rings. The number of rotatable bonds is 4. The van der Waals surface area contributed by atoms with Crippen molar-refractivity contribution in [3.63, 3.8) is 0 Å². The summed E-state index contributed by atoms with van der Waals surface area (Å²) in [5, 5.41) is 0. The van der Waals surface area contributed by atoms with Crippen molar-refractivity contribution >= 4 is 5.91 Å². The number of furan rings is 1. The highest BCUT2D eigenvalue weighted by Gasteiger charge is 2.47. The van der Waals surface area contributed by atoms with Crippen LogP contribution in [0.4, 0.5) is 8.78 Å². The Hall–Kier alpha value is -1.47. The molecule has 2 fully saturated rings. The fraction of sp³-hybridized carbons (Fsp3) is 0.722. The van der Waals surface area contributed by atoms with Crippen LogP contribution in [0.25, 0.3) is 0 Å². The lowest BCUT2D eigenvalue weighted by atomic mass is 10.0. The fourth-order valence-corrected chi connectivity index (χ4v) is 4.11. The lowest BCUT2D eigenvalue weighted by Crippen LogP contribution is -2.49. The molecular weight excluding hydrogens is 330 g/mol. The van der Waals surface area contributed by atoms with Crippen LogP contribution in [0, 0.1) is 13.8 Å². The average molecular weight is 356 g/mol.